The molecule has 0 saturated carbocycles. The predicted molar refractivity (Wildman–Crippen MR) is 97.6 cm³/mol. The molecule has 8 heteroatoms. The van der Waals surface area contributed by atoms with Crippen molar-refractivity contribution >= 4 is 10.0 Å². The lowest BCUT2D eigenvalue weighted by Gasteiger charge is -2.26. The summed E-state index contributed by atoms with van der Waals surface area (Å²) < 4.78 is 38.5. The van der Waals surface area contributed by atoms with Crippen molar-refractivity contribution < 1.29 is 17.7 Å². The molecule has 1 saturated heterocycles. The average molecular weight is 379 g/mol. The third-order valence-corrected chi connectivity index (χ3v) is 6.29. The van der Waals surface area contributed by atoms with Crippen LogP contribution in [0.5, 0.6) is 5.75 Å². The Morgan fingerprint density at radius 3 is 2.58 bits per heavy atom. The van der Waals surface area contributed by atoms with Crippen molar-refractivity contribution in [2.24, 2.45) is 0 Å². The van der Waals surface area contributed by atoms with E-state index in [0.29, 0.717) is 36.8 Å². The molecule has 0 radical (unpaired) electrons. The van der Waals surface area contributed by atoms with E-state index >= 15 is 0 Å². The molecule has 142 valence electrons. The molecule has 0 spiro atoms. The molecule has 1 aliphatic heterocycles. The van der Waals surface area contributed by atoms with E-state index in [-0.39, 0.29) is 16.7 Å². The number of hydrogen-bond acceptors (Lipinski definition) is 6. The van der Waals surface area contributed by atoms with Crippen LogP contribution in [-0.4, -0.2) is 42.6 Å². The molecule has 7 nitrogen and oxygen atoms in total. The Morgan fingerprint density at radius 2 is 1.96 bits per heavy atom. The van der Waals surface area contributed by atoms with E-state index in [1.165, 1.54) is 0 Å². The highest BCUT2D eigenvalue weighted by molar-refractivity contribution is 7.89. The first-order valence-corrected chi connectivity index (χ1v) is 10.5. The Bertz CT molecular complexity index is 855. The number of hydrogen-bond donors (Lipinski definition) is 0. The second-order valence-electron chi connectivity index (χ2n) is 6.67. The number of nitrogens with zero attached hydrogens (tertiary/aromatic N) is 3. The molecule has 26 heavy (non-hydrogen) atoms. The zero-order chi connectivity index (χ0) is 18.7. The van der Waals surface area contributed by atoms with E-state index < -0.39 is 10.0 Å². The fourth-order valence-corrected chi connectivity index (χ4v) is 4.49. The highest BCUT2D eigenvalue weighted by atomic mass is 32.2. The first kappa shape index (κ1) is 18.8. The number of piperidine rings is 1. The molecule has 0 aliphatic carbocycles. The quantitative estimate of drug-likeness (QED) is 0.764. The van der Waals surface area contributed by atoms with E-state index in [4.69, 9.17) is 9.26 Å². The molecule has 1 aromatic carbocycles. The first-order valence-electron chi connectivity index (χ1n) is 9.04. The van der Waals surface area contributed by atoms with Gasteiger partial charge in [-0.2, -0.15) is 9.29 Å². The summed E-state index contributed by atoms with van der Waals surface area (Å²) in [6, 6.07) is 4.82. The van der Waals surface area contributed by atoms with Gasteiger partial charge in [-0.3, -0.25) is 0 Å². The highest BCUT2D eigenvalue weighted by Crippen LogP contribution is 2.33. The maximum absolute atomic E-state index is 13.0. The minimum Gasteiger partial charge on any atom is -0.493 e. The number of ether oxygens (including phenoxy) is 1. The minimum atomic E-state index is -3.55. The number of sulfonamides is 1. The van der Waals surface area contributed by atoms with Crippen LogP contribution in [0, 0.1) is 0 Å². The molecule has 0 atom stereocenters. The van der Waals surface area contributed by atoms with Gasteiger partial charge >= 0.3 is 0 Å². The van der Waals surface area contributed by atoms with E-state index in [1.807, 2.05) is 20.8 Å². The first-order chi connectivity index (χ1) is 12.4. The van der Waals surface area contributed by atoms with Crippen molar-refractivity contribution in [3.63, 3.8) is 0 Å². The Hall–Kier alpha value is -1.93. The zero-order valence-corrected chi connectivity index (χ0v) is 16.3. The van der Waals surface area contributed by atoms with Crippen LogP contribution < -0.4 is 4.74 Å². The summed E-state index contributed by atoms with van der Waals surface area (Å²) in [6.07, 6.45) is 2.86. The maximum Gasteiger partial charge on any atom is 0.261 e. The van der Waals surface area contributed by atoms with Gasteiger partial charge in [0.2, 0.25) is 10.0 Å². The van der Waals surface area contributed by atoms with Crippen LogP contribution in [0.1, 0.15) is 51.8 Å². The molecule has 3 rings (SSSR count). The molecule has 0 amide bonds. The number of benzene rings is 1. The second-order valence-corrected chi connectivity index (χ2v) is 8.61. The third-order valence-electron chi connectivity index (χ3n) is 4.39. The fourth-order valence-electron chi connectivity index (χ4n) is 2.95. The molecule has 0 bridgehead atoms. The number of rotatable bonds is 6. The van der Waals surface area contributed by atoms with E-state index in [1.54, 1.807) is 22.5 Å². The molecular formula is C18H25N3O4S. The van der Waals surface area contributed by atoms with Crippen LogP contribution in [-0.2, 0) is 10.0 Å². The second kappa shape index (κ2) is 7.75. The monoisotopic (exact) mass is 379 g/mol. The van der Waals surface area contributed by atoms with Crippen LogP contribution in [0.2, 0.25) is 0 Å². The van der Waals surface area contributed by atoms with Crippen LogP contribution in [0.3, 0.4) is 0 Å². The Kier molecular flexibility index (Phi) is 5.62. The lowest BCUT2D eigenvalue weighted by atomic mass is 10.2. The summed E-state index contributed by atoms with van der Waals surface area (Å²) >= 11 is 0. The average Bonchev–Trinajstić information content (AvgIpc) is 3.13. The molecule has 0 N–H and O–H groups in total. The van der Waals surface area contributed by atoms with Gasteiger partial charge in [0, 0.05) is 19.0 Å². The van der Waals surface area contributed by atoms with Crippen molar-refractivity contribution in [2.45, 2.75) is 50.8 Å². The smallest absolute Gasteiger partial charge is 0.261 e. The molecular weight excluding hydrogens is 354 g/mol. The van der Waals surface area contributed by atoms with Crippen molar-refractivity contribution in [1.29, 1.82) is 0 Å². The minimum absolute atomic E-state index is 0.114. The Balaban J connectivity index is 2.03. The van der Waals surface area contributed by atoms with Gasteiger partial charge in [0.1, 0.15) is 5.75 Å². The molecule has 1 aliphatic rings. The standard InChI is InChI=1S/C18H25N3O4S/c1-4-24-16-9-8-14(26(22,23)21-10-6-5-7-11-21)12-15(16)18-19-17(13(2)3)20-25-18/h8-9,12-13H,4-7,10-11H2,1-3H3. The molecule has 2 heterocycles. The van der Waals surface area contributed by atoms with Crippen molar-refractivity contribution in [3.05, 3.63) is 24.0 Å². The van der Waals surface area contributed by atoms with Crippen LogP contribution >= 0.6 is 0 Å². The summed E-state index contributed by atoms with van der Waals surface area (Å²) in [5.74, 6) is 1.49. The fraction of sp³-hybridized carbons (Fsp3) is 0.556. The maximum atomic E-state index is 13.0. The Labute approximate surface area is 154 Å². The van der Waals surface area contributed by atoms with Gasteiger partial charge in [0.05, 0.1) is 17.1 Å². The topological polar surface area (TPSA) is 85.5 Å². The van der Waals surface area contributed by atoms with Crippen LogP contribution in [0.15, 0.2) is 27.6 Å². The van der Waals surface area contributed by atoms with Gasteiger partial charge in [0.25, 0.3) is 5.89 Å². The van der Waals surface area contributed by atoms with E-state index in [9.17, 15) is 8.42 Å². The lowest BCUT2D eigenvalue weighted by molar-refractivity contribution is 0.338. The normalized spacial score (nSPS) is 16.2. The molecule has 1 fully saturated rings. The highest BCUT2D eigenvalue weighted by Gasteiger charge is 2.28. The van der Waals surface area contributed by atoms with Gasteiger partial charge in [-0.15, -0.1) is 0 Å². The van der Waals surface area contributed by atoms with Crippen molar-refractivity contribution in [3.8, 4) is 17.2 Å². The number of aromatic nitrogens is 2. The van der Waals surface area contributed by atoms with E-state index in [2.05, 4.69) is 10.1 Å². The van der Waals surface area contributed by atoms with Crippen molar-refractivity contribution in [2.75, 3.05) is 19.7 Å². The SMILES string of the molecule is CCOc1ccc(S(=O)(=O)N2CCCCC2)cc1-c1nc(C(C)C)no1. The molecule has 0 unspecified atom stereocenters. The van der Waals surface area contributed by atoms with Gasteiger partial charge in [-0.05, 0) is 38.0 Å². The Morgan fingerprint density at radius 1 is 1.23 bits per heavy atom. The van der Waals surface area contributed by atoms with Crippen LogP contribution in [0.4, 0.5) is 0 Å². The summed E-state index contributed by atoms with van der Waals surface area (Å²) in [7, 11) is -3.55. The summed E-state index contributed by atoms with van der Waals surface area (Å²) in [5, 5.41) is 3.97. The third kappa shape index (κ3) is 3.76. The van der Waals surface area contributed by atoms with E-state index in [0.717, 1.165) is 19.3 Å². The zero-order valence-electron chi connectivity index (χ0n) is 15.4. The van der Waals surface area contributed by atoms with Gasteiger partial charge in [-0.25, -0.2) is 8.42 Å². The van der Waals surface area contributed by atoms with Gasteiger partial charge in [0.15, 0.2) is 5.82 Å². The van der Waals surface area contributed by atoms with Crippen molar-refractivity contribution in [1.82, 2.24) is 14.4 Å². The predicted octanol–water partition coefficient (Wildman–Crippen LogP) is 3.43. The largest absolute Gasteiger partial charge is 0.493 e. The molecule has 1 aromatic heterocycles. The van der Waals surface area contributed by atoms with Gasteiger partial charge in [-0.1, -0.05) is 25.4 Å². The van der Waals surface area contributed by atoms with Gasteiger partial charge < -0.3 is 9.26 Å². The lowest BCUT2D eigenvalue weighted by Crippen LogP contribution is -2.35. The summed E-state index contributed by atoms with van der Waals surface area (Å²) in [5.41, 5.74) is 0.504. The summed E-state index contributed by atoms with van der Waals surface area (Å²) in [4.78, 5) is 4.62. The molecule has 2 aromatic rings. The summed E-state index contributed by atoms with van der Waals surface area (Å²) in [6.45, 7) is 7.38. The van der Waals surface area contributed by atoms with Crippen LogP contribution in [0.25, 0.3) is 11.5 Å².